The van der Waals surface area contributed by atoms with E-state index in [0.717, 1.165) is 12.8 Å². The number of amides is 1. The number of alkyl carbamates (subject to hydrolysis) is 1. The molecular weight excluding hydrogens is 262 g/mol. The molecule has 0 bridgehead atoms. The zero-order valence-corrected chi connectivity index (χ0v) is 12.9. The van der Waals surface area contributed by atoms with Crippen LogP contribution >= 0.6 is 0 Å². The summed E-state index contributed by atoms with van der Waals surface area (Å²) in [6.07, 6.45) is 1.72. The minimum Gasteiger partial charge on any atom is -0.481 e. The van der Waals surface area contributed by atoms with E-state index in [4.69, 9.17) is 14.6 Å². The highest BCUT2D eigenvalue weighted by Gasteiger charge is 2.20. The molecule has 0 fully saturated rings. The summed E-state index contributed by atoms with van der Waals surface area (Å²) < 4.78 is 10.6. The largest absolute Gasteiger partial charge is 0.481 e. The van der Waals surface area contributed by atoms with Gasteiger partial charge in [0.15, 0.2) is 0 Å². The van der Waals surface area contributed by atoms with Crippen LogP contribution in [0.3, 0.4) is 0 Å². The fraction of sp³-hybridized carbons (Fsp3) is 0.857. The van der Waals surface area contributed by atoms with Gasteiger partial charge in [-0.15, -0.1) is 0 Å². The number of nitrogens with one attached hydrogen (secondary N) is 1. The Kier molecular flexibility index (Phi) is 8.96. The van der Waals surface area contributed by atoms with Gasteiger partial charge in [-0.1, -0.05) is 13.3 Å². The molecule has 0 aliphatic rings. The minimum atomic E-state index is -0.894. The number of carboxylic acid groups (broad SMARTS) is 1. The lowest BCUT2D eigenvalue weighted by molar-refractivity contribution is -0.137. The summed E-state index contributed by atoms with van der Waals surface area (Å²) in [6, 6.07) is -0.349. The van der Waals surface area contributed by atoms with Crippen molar-refractivity contribution in [3.8, 4) is 0 Å². The predicted molar refractivity (Wildman–Crippen MR) is 75.8 cm³/mol. The van der Waals surface area contributed by atoms with Crippen LogP contribution < -0.4 is 5.32 Å². The number of carbonyl (C=O) groups excluding carboxylic acids is 1. The van der Waals surface area contributed by atoms with E-state index in [9.17, 15) is 9.59 Å². The number of hydrogen-bond acceptors (Lipinski definition) is 4. The number of hydrogen-bond donors (Lipinski definition) is 2. The summed E-state index contributed by atoms with van der Waals surface area (Å²) in [5.74, 6) is -0.894. The van der Waals surface area contributed by atoms with Gasteiger partial charge in [-0.3, -0.25) is 4.79 Å². The summed E-state index contributed by atoms with van der Waals surface area (Å²) in [7, 11) is 0. The average molecular weight is 289 g/mol. The fourth-order valence-corrected chi connectivity index (χ4v) is 1.44. The fourth-order valence-electron chi connectivity index (χ4n) is 1.44. The third-order valence-electron chi connectivity index (χ3n) is 2.39. The first kappa shape index (κ1) is 18.7. The van der Waals surface area contributed by atoms with Crippen molar-refractivity contribution in [1.82, 2.24) is 5.32 Å². The van der Waals surface area contributed by atoms with Crippen molar-refractivity contribution in [3.05, 3.63) is 0 Å². The standard InChI is InChI=1S/C14H27NO5/c1-5-6-9-19-10-11(7-8-12(16)17)15-13(18)20-14(2,3)4/h11H,5-10H2,1-4H3,(H,15,18)(H,16,17). The second-order valence-electron chi connectivity index (χ2n) is 5.70. The molecule has 0 spiro atoms. The topological polar surface area (TPSA) is 84.9 Å². The Bertz CT molecular complexity index is 298. The van der Waals surface area contributed by atoms with Crippen molar-refractivity contribution < 1.29 is 24.2 Å². The zero-order valence-electron chi connectivity index (χ0n) is 12.9. The molecule has 0 aliphatic carbocycles. The van der Waals surface area contributed by atoms with Gasteiger partial charge >= 0.3 is 12.1 Å². The molecule has 0 heterocycles. The van der Waals surface area contributed by atoms with Crippen LogP contribution in [-0.4, -0.2) is 42.0 Å². The molecule has 0 aromatic heterocycles. The van der Waals surface area contributed by atoms with Crippen molar-refractivity contribution >= 4 is 12.1 Å². The van der Waals surface area contributed by atoms with E-state index in [1.807, 2.05) is 0 Å². The summed E-state index contributed by atoms with van der Waals surface area (Å²) in [6.45, 7) is 8.29. The van der Waals surface area contributed by atoms with Crippen LogP contribution in [0.4, 0.5) is 4.79 Å². The molecule has 0 aromatic rings. The summed E-state index contributed by atoms with van der Waals surface area (Å²) in [5.41, 5.74) is -0.579. The molecule has 0 aliphatic heterocycles. The number of aliphatic carboxylic acids is 1. The summed E-state index contributed by atoms with van der Waals surface area (Å²) in [5, 5.41) is 11.4. The Labute approximate surface area is 120 Å². The minimum absolute atomic E-state index is 0.0163. The lowest BCUT2D eigenvalue weighted by Crippen LogP contribution is -2.41. The molecule has 6 nitrogen and oxygen atoms in total. The Morgan fingerprint density at radius 2 is 1.95 bits per heavy atom. The number of ether oxygens (including phenoxy) is 2. The first-order valence-corrected chi connectivity index (χ1v) is 7.03. The van der Waals surface area contributed by atoms with Gasteiger partial charge in [-0.05, 0) is 33.6 Å². The van der Waals surface area contributed by atoms with Gasteiger partial charge in [0.05, 0.1) is 12.6 Å². The SMILES string of the molecule is CCCCOCC(CCC(=O)O)NC(=O)OC(C)(C)C. The van der Waals surface area contributed by atoms with E-state index in [0.29, 0.717) is 19.6 Å². The second kappa shape index (κ2) is 9.58. The van der Waals surface area contributed by atoms with Gasteiger partial charge in [-0.25, -0.2) is 4.79 Å². The molecule has 0 radical (unpaired) electrons. The normalized spacial score (nSPS) is 12.8. The van der Waals surface area contributed by atoms with Crippen molar-refractivity contribution in [1.29, 1.82) is 0 Å². The molecular formula is C14H27NO5. The van der Waals surface area contributed by atoms with Gasteiger partial charge in [0.25, 0.3) is 0 Å². The molecule has 1 unspecified atom stereocenters. The van der Waals surface area contributed by atoms with Gasteiger partial charge < -0.3 is 19.9 Å². The monoisotopic (exact) mass is 289 g/mol. The Morgan fingerprint density at radius 1 is 1.30 bits per heavy atom. The number of carbonyl (C=O) groups is 2. The predicted octanol–water partition coefficient (Wildman–Crippen LogP) is 2.56. The maximum Gasteiger partial charge on any atom is 0.407 e. The maximum atomic E-state index is 11.7. The molecule has 20 heavy (non-hydrogen) atoms. The smallest absolute Gasteiger partial charge is 0.407 e. The van der Waals surface area contributed by atoms with Gasteiger partial charge in [0.1, 0.15) is 5.60 Å². The number of rotatable bonds is 9. The van der Waals surface area contributed by atoms with E-state index in [1.54, 1.807) is 20.8 Å². The Balaban J connectivity index is 4.21. The van der Waals surface area contributed by atoms with Crippen LogP contribution in [0.15, 0.2) is 0 Å². The lowest BCUT2D eigenvalue weighted by Gasteiger charge is -2.23. The number of carboxylic acids is 1. The summed E-state index contributed by atoms with van der Waals surface area (Å²) >= 11 is 0. The molecule has 0 aromatic carbocycles. The van der Waals surface area contributed by atoms with E-state index < -0.39 is 17.7 Å². The highest BCUT2D eigenvalue weighted by Crippen LogP contribution is 2.08. The quantitative estimate of drug-likeness (QED) is 0.637. The van der Waals surface area contributed by atoms with Gasteiger partial charge in [0.2, 0.25) is 0 Å². The molecule has 1 atom stereocenters. The van der Waals surface area contributed by atoms with E-state index in [1.165, 1.54) is 0 Å². The lowest BCUT2D eigenvalue weighted by atomic mass is 10.1. The molecule has 0 saturated carbocycles. The van der Waals surface area contributed by atoms with Gasteiger partial charge in [0, 0.05) is 13.0 Å². The Morgan fingerprint density at radius 3 is 2.45 bits per heavy atom. The molecule has 0 rings (SSSR count). The van der Waals surface area contributed by atoms with Crippen molar-refractivity contribution in [3.63, 3.8) is 0 Å². The maximum absolute atomic E-state index is 11.7. The molecule has 1 amide bonds. The van der Waals surface area contributed by atoms with E-state index in [-0.39, 0.29) is 12.5 Å². The zero-order chi connectivity index (χ0) is 15.6. The molecule has 2 N–H and O–H groups in total. The van der Waals surface area contributed by atoms with E-state index in [2.05, 4.69) is 12.2 Å². The number of unbranched alkanes of at least 4 members (excludes halogenated alkanes) is 1. The highest BCUT2D eigenvalue weighted by molar-refractivity contribution is 5.69. The van der Waals surface area contributed by atoms with Crippen LogP contribution in [0.2, 0.25) is 0 Å². The first-order valence-electron chi connectivity index (χ1n) is 7.03. The molecule has 118 valence electrons. The van der Waals surface area contributed by atoms with Crippen LogP contribution in [0.1, 0.15) is 53.4 Å². The van der Waals surface area contributed by atoms with Crippen molar-refractivity contribution in [2.45, 2.75) is 65.0 Å². The van der Waals surface area contributed by atoms with Crippen molar-refractivity contribution in [2.75, 3.05) is 13.2 Å². The third-order valence-corrected chi connectivity index (χ3v) is 2.39. The Hall–Kier alpha value is -1.30. The van der Waals surface area contributed by atoms with Crippen LogP contribution in [0.25, 0.3) is 0 Å². The van der Waals surface area contributed by atoms with E-state index >= 15 is 0 Å². The van der Waals surface area contributed by atoms with Crippen molar-refractivity contribution in [2.24, 2.45) is 0 Å². The van der Waals surface area contributed by atoms with Crippen LogP contribution in [-0.2, 0) is 14.3 Å². The van der Waals surface area contributed by atoms with Crippen LogP contribution in [0, 0.1) is 0 Å². The van der Waals surface area contributed by atoms with Gasteiger partial charge in [-0.2, -0.15) is 0 Å². The molecule has 6 heteroatoms. The summed E-state index contributed by atoms with van der Waals surface area (Å²) in [4.78, 5) is 22.3. The third kappa shape index (κ3) is 11.8. The molecule has 0 saturated heterocycles. The average Bonchev–Trinajstić information content (AvgIpc) is 2.28. The van der Waals surface area contributed by atoms with Crippen LogP contribution in [0.5, 0.6) is 0 Å². The highest BCUT2D eigenvalue weighted by atomic mass is 16.6. The second-order valence-corrected chi connectivity index (χ2v) is 5.70. The first-order chi connectivity index (χ1) is 9.24.